The van der Waals surface area contributed by atoms with Gasteiger partial charge in [-0.1, -0.05) is 60.7 Å². The van der Waals surface area contributed by atoms with Gasteiger partial charge in [0.15, 0.2) is 12.0 Å². The van der Waals surface area contributed by atoms with Crippen molar-refractivity contribution in [2.75, 3.05) is 28.8 Å². The number of nitrogen functional groups attached to an aromatic ring is 1. The zero-order valence-electron chi connectivity index (χ0n) is 19.4. The zero-order chi connectivity index (χ0) is 26.3. The van der Waals surface area contributed by atoms with Gasteiger partial charge >= 0.3 is 7.82 Å². The third-order valence-corrected chi connectivity index (χ3v) is 6.84. The maximum absolute atomic E-state index is 13.2. The highest BCUT2D eigenvalue weighted by molar-refractivity contribution is 7.46. The smallest absolute Gasteiger partial charge is 0.387 e. The first-order chi connectivity index (χ1) is 17.6. The summed E-state index contributed by atoms with van der Waals surface area (Å²) in [7, 11) is -4.84. The van der Waals surface area contributed by atoms with Crippen LogP contribution in [0.5, 0.6) is 0 Å². The molecule has 0 unspecified atom stereocenters. The summed E-state index contributed by atoms with van der Waals surface area (Å²) >= 11 is 0. The minimum absolute atomic E-state index is 0.0177. The summed E-state index contributed by atoms with van der Waals surface area (Å²) in [6.07, 6.45) is -5.49. The van der Waals surface area contributed by atoms with E-state index >= 15 is 0 Å². The molecule has 0 radical (unpaired) electrons. The quantitative estimate of drug-likeness (QED) is 0.228. The number of phosphoric ester groups is 1. The Balaban J connectivity index is 1.55. The molecule has 0 bridgehead atoms. The second-order valence-electron chi connectivity index (χ2n) is 8.76. The van der Waals surface area contributed by atoms with Crippen LogP contribution in [0.2, 0.25) is 0 Å². The molecule has 3 aromatic rings. The van der Waals surface area contributed by atoms with E-state index in [1.807, 2.05) is 60.7 Å². The highest BCUT2D eigenvalue weighted by atomic mass is 31.2. The average molecular weight is 531 g/mol. The number of nitrogens with two attached hydrogens (primary N) is 1. The van der Waals surface area contributed by atoms with E-state index < -0.39 is 50.6 Å². The van der Waals surface area contributed by atoms with E-state index in [4.69, 9.17) is 20.3 Å². The molecule has 196 valence electrons. The number of rotatable bonds is 7. The Morgan fingerprint density at radius 1 is 1.08 bits per heavy atom. The number of aromatic amines is 1. The van der Waals surface area contributed by atoms with Crippen molar-refractivity contribution >= 4 is 25.3 Å². The van der Waals surface area contributed by atoms with Crippen molar-refractivity contribution in [2.24, 2.45) is 0 Å². The predicted molar refractivity (Wildman–Crippen MR) is 132 cm³/mol. The van der Waals surface area contributed by atoms with E-state index in [2.05, 4.69) is 14.5 Å². The van der Waals surface area contributed by atoms with Crippen molar-refractivity contribution in [1.29, 1.82) is 0 Å². The first kappa shape index (κ1) is 25.4. The molecule has 0 aliphatic carbocycles. The van der Waals surface area contributed by atoms with Crippen LogP contribution in [0.15, 0.2) is 65.5 Å². The van der Waals surface area contributed by atoms with Crippen molar-refractivity contribution < 1.29 is 33.8 Å². The van der Waals surface area contributed by atoms with Gasteiger partial charge in [0.05, 0.1) is 19.3 Å². The normalized spacial score (nSPS) is 23.6. The number of fused-ring (bicyclic) bond motifs is 1. The largest absolute Gasteiger partial charge is 0.469 e. The van der Waals surface area contributed by atoms with Crippen LogP contribution in [-0.4, -0.2) is 67.8 Å². The van der Waals surface area contributed by atoms with Gasteiger partial charge in [-0.3, -0.25) is 14.3 Å². The lowest BCUT2D eigenvalue weighted by atomic mass is 9.97. The predicted octanol–water partition coefficient (Wildman–Crippen LogP) is 0.282. The maximum Gasteiger partial charge on any atom is 0.469 e. The molecule has 2 aliphatic rings. The van der Waals surface area contributed by atoms with Crippen LogP contribution < -0.4 is 21.1 Å². The molecule has 14 heteroatoms. The van der Waals surface area contributed by atoms with Crippen molar-refractivity contribution in [3.63, 3.8) is 0 Å². The first-order valence-electron chi connectivity index (χ1n) is 11.4. The summed E-state index contributed by atoms with van der Waals surface area (Å²) < 4.78 is 21.4. The summed E-state index contributed by atoms with van der Waals surface area (Å²) in [5.74, 6) is -0.0214. The second kappa shape index (κ2) is 9.88. The molecule has 4 atom stereocenters. The Hall–Kier alpha value is -3.29. The van der Waals surface area contributed by atoms with Gasteiger partial charge in [-0.25, -0.2) is 4.57 Å². The van der Waals surface area contributed by atoms with E-state index in [0.29, 0.717) is 0 Å². The number of nitrogens with one attached hydrogen (secondary N) is 1. The molecule has 0 amide bonds. The standard InChI is InChI=1S/C23H26N5O8P/c24-23-25-20-17(21(31)26-23)27(16(13-7-3-1-4-8-13)14-9-5-2-6-10-14)12-28(20)22-19(30)18(29)15(36-22)11-35-37(32,33)34/h1-10,15-16,18-19,22,29-30H,11-12H2,(H2,32,33,34)(H3,24,25,26,31)/t15-,18-,19-,22-/m1/s1. The fraction of sp³-hybridized carbons (Fsp3) is 0.304. The number of aliphatic hydroxyl groups excluding tert-OH is 2. The summed E-state index contributed by atoms with van der Waals surface area (Å²) in [6, 6.07) is 18.6. The van der Waals surface area contributed by atoms with Crippen LogP contribution in [-0.2, 0) is 13.8 Å². The Morgan fingerprint density at radius 3 is 2.24 bits per heavy atom. The lowest BCUT2D eigenvalue weighted by molar-refractivity contribution is -0.0218. The van der Waals surface area contributed by atoms with Gasteiger partial charge in [0.25, 0.3) is 5.56 Å². The molecule has 5 rings (SSSR count). The Bertz CT molecular complexity index is 1310. The molecule has 1 saturated heterocycles. The molecule has 37 heavy (non-hydrogen) atoms. The number of ether oxygens (including phenoxy) is 1. The SMILES string of the molecule is Nc1nc2c(c(=O)[nH]1)N(C(c1ccccc1)c1ccccc1)CN2[C@@H]1O[C@H](COP(=O)(O)O)[C@@H](O)[C@H]1O. The van der Waals surface area contributed by atoms with E-state index in [9.17, 15) is 19.6 Å². The Morgan fingerprint density at radius 2 is 1.68 bits per heavy atom. The van der Waals surface area contributed by atoms with Gasteiger partial charge < -0.3 is 40.3 Å². The van der Waals surface area contributed by atoms with Crippen molar-refractivity contribution in [2.45, 2.75) is 30.6 Å². The fourth-order valence-electron chi connectivity index (χ4n) is 4.76. The van der Waals surface area contributed by atoms with E-state index in [1.165, 1.54) is 4.90 Å². The molecule has 0 spiro atoms. The van der Waals surface area contributed by atoms with E-state index in [0.717, 1.165) is 11.1 Å². The highest BCUT2D eigenvalue weighted by Gasteiger charge is 2.50. The number of H-pyrrole nitrogens is 1. The Labute approximate surface area is 211 Å². The summed E-state index contributed by atoms with van der Waals surface area (Å²) in [4.78, 5) is 41.3. The van der Waals surface area contributed by atoms with Gasteiger partial charge in [-0.2, -0.15) is 4.98 Å². The lowest BCUT2D eigenvalue weighted by Crippen LogP contribution is -2.46. The van der Waals surface area contributed by atoms with Gasteiger partial charge in [-0.05, 0) is 11.1 Å². The number of phosphoric acid groups is 1. The van der Waals surface area contributed by atoms with Gasteiger partial charge in [0.1, 0.15) is 24.0 Å². The third kappa shape index (κ3) is 4.98. The molecule has 2 aliphatic heterocycles. The zero-order valence-corrected chi connectivity index (χ0v) is 20.3. The first-order valence-corrected chi connectivity index (χ1v) is 12.9. The lowest BCUT2D eigenvalue weighted by Gasteiger charge is -2.32. The topological polar surface area (TPSA) is 195 Å². The van der Waals surface area contributed by atoms with Crippen LogP contribution in [0, 0.1) is 0 Å². The number of aliphatic hydroxyl groups is 2. The summed E-state index contributed by atoms with van der Waals surface area (Å²) in [6.45, 7) is -0.644. The van der Waals surface area contributed by atoms with Gasteiger partial charge in [-0.15, -0.1) is 0 Å². The number of aromatic nitrogens is 2. The van der Waals surface area contributed by atoms with E-state index in [-0.39, 0.29) is 24.1 Å². The molecular weight excluding hydrogens is 505 g/mol. The second-order valence-corrected chi connectivity index (χ2v) is 10.0. The number of anilines is 3. The number of benzene rings is 2. The molecule has 1 aromatic heterocycles. The fourth-order valence-corrected chi connectivity index (χ4v) is 5.10. The minimum atomic E-state index is -4.84. The van der Waals surface area contributed by atoms with Crippen molar-refractivity contribution in [3.05, 3.63) is 82.1 Å². The molecule has 1 fully saturated rings. The molecular formula is C23H26N5O8P. The van der Waals surface area contributed by atoms with Crippen molar-refractivity contribution in [3.8, 4) is 0 Å². The van der Waals surface area contributed by atoms with Crippen molar-refractivity contribution in [1.82, 2.24) is 9.97 Å². The number of hydrogen-bond donors (Lipinski definition) is 6. The van der Waals surface area contributed by atoms with Gasteiger partial charge in [0.2, 0.25) is 5.95 Å². The molecule has 13 nitrogen and oxygen atoms in total. The highest BCUT2D eigenvalue weighted by Crippen LogP contribution is 2.43. The van der Waals surface area contributed by atoms with Gasteiger partial charge in [0, 0.05) is 0 Å². The summed E-state index contributed by atoms with van der Waals surface area (Å²) in [5, 5.41) is 21.3. The molecule has 3 heterocycles. The maximum atomic E-state index is 13.2. The van der Waals surface area contributed by atoms with Crippen LogP contribution in [0.4, 0.5) is 17.5 Å². The number of nitrogens with zero attached hydrogens (tertiary/aromatic N) is 3. The number of hydrogen-bond acceptors (Lipinski definition) is 10. The van der Waals surface area contributed by atoms with E-state index in [1.54, 1.807) is 4.90 Å². The molecule has 7 N–H and O–H groups in total. The van der Waals surface area contributed by atoms with Crippen LogP contribution in [0.3, 0.4) is 0 Å². The average Bonchev–Trinajstić information content (AvgIpc) is 3.36. The summed E-state index contributed by atoms with van der Waals surface area (Å²) in [5.41, 5.74) is 7.31. The molecule has 2 aromatic carbocycles. The monoisotopic (exact) mass is 531 g/mol. The minimum Gasteiger partial charge on any atom is -0.387 e. The van der Waals surface area contributed by atoms with Crippen LogP contribution >= 0.6 is 7.82 Å². The van der Waals surface area contributed by atoms with Crippen LogP contribution in [0.25, 0.3) is 0 Å². The van der Waals surface area contributed by atoms with Crippen LogP contribution in [0.1, 0.15) is 17.2 Å². The molecule has 0 saturated carbocycles. The third-order valence-electron chi connectivity index (χ3n) is 6.35. The Kier molecular flexibility index (Phi) is 6.77.